The number of carbonyl (C=O) groups is 2. The smallest absolute Gasteiger partial charge is 0.250 e. The van der Waals surface area contributed by atoms with Gasteiger partial charge in [0.05, 0.1) is 5.69 Å². The number of thioether (sulfide) groups is 1. The van der Waals surface area contributed by atoms with Gasteiger partial charge in [0.2, 0.25) is 11.8 Å². The molecule has 0 radical (unpaired) electrons. The van der Waals surface area contributed by atoms with Crippen LogP contribution in [-0.4, -0.2) is 16.6 Å². The van der Waals surface area contributed by atoms with Crippen molar-refractivity contribution in [1.29, 1.82) is 0 Å². The molecule has 112 valence electrons. The molecule has 2 aromatic carbocycles. The maximum atomic E-state index is 12.6. The van der Waals surface area contributed by atoms with Crippen LogP contribution in [0.1, 0.15) is 12.5 Å². The molecule has 1 aliphatic heterocycles. The van der Waals surface area contributed by atoms with Gasteiger partial charge in [0.25, 0.3) is 0 Å². The molecule has 2 N–H and O–H groups in total. The summed E-state index contributed by atoms with van der Waals surface area (Å²) in [5.74, 6) is -0.628. The normalized spacial score (nSPS) is 20.0. The Hall–Kier alpha value is -2.27. The van der Waals surface area contributed by atoms with Gasteiger partial charge in [-0.15, -0.1) is 0 Å². The van der Waals surface area contributed by atoms with Crippen molar-refractivity contribution in [2.75, 3.05) is 10.6 Å². The fraction of sp³-hybridized carbons (Fsp3) is 0.176. The molecule has 22 heavy (non-hydrogen) atoms. The van der Waals surface area contributed by atoms with E-state index in [9.17, 15) is 9.59 Å². The molecule has 5 heteroatoms. The van der Waals surface area contributed by atoms with Crippen LogP contribution in [-0.2, 0) is 9.59 Å². The lowest BCUT2D eigenvalue weighted by atomic mass is 10.1. The molecule has 1 atom stereocenters. The molecule has 0 aromatic heterocycles. The minimum absolute atomic E-state index is 0.304. The van der Waals surface area contributed by atoms with E-state index in [1.54, 1.807) is 6.92 Å². The highest BCUT2D eigenvalue weighted by Crippen LogP contribution is 2.42. The van der Waals surface area contributed by atoms with Crippen LogP contribution in [0.3, 0.4) is 0 Å². The molecule has 0 aliphatic carbocycles. The Balaban J connectivity index is 1.87. The van der Waals surface area contributed by atoms with Crippen LogP contribution in [0.25, 0.3) is 0 Å². The molecule has 2 amide bonds. The van der Waals surface area contributed by atoms with Crippen LogP contribution in [0.15, 0.2) is 53.4 Å². The molecular weight excluding hydrogens is 296 g/mol. The monoisotopic (exact) mass is 312 g/mol. The molecule has 0 bridgehead atoms. The minimum atomic E-state index is -1.20. The number of nitrogens with one attached hydrogen (secondary N) is 2. The number of anilines is 2. The molecule has 1 aliphatic rings. The van der Waals surface area contributed by atoms with Crippen LogP contribution in [0, 0.1) is 6.92 Å². The van der Waals surface area contributed by atoms with E-state index >= 15 is 0 Å². The number of amides is 2. The van der Waals surface area contributed by atoms with Gasteiger partial charge in [-0.25, -0.2) is 0 Å². The summed E-state index contributed by atoms with van der Waals surface area (Å²) in [6.07, 6.45) is 0. The first-order chi connectivity index (χ1) is 10.5. The van der Waals surface area contributed by atoms with Crippen molar-refractivity contribution in [3.63, 3.8) is 0 Å². The quantitative estimate of drug-likeness (QED) is 0.835. The van der Waals surface area contributed by atoms with E-state index in [1.165, 1.54) is 11.8 Å². The van der Waals surface area contributed by atoms with Crippen molar-refractivity contribution >= 4 is 35.0 Å². The third kappa shape index (κ3) is 2.60. The van der Waals surface area contributed by atoms with Crippen molar-refractivity contribution in [3.8, 4) is 0 Å². The lowest BCUT2D eigenvalue weighted by molar-refractivity contribution is -0.126. The fourth-order valence-electron chi connectivity index (χ4n) is 2.29. The second-order valence-corrected chi connectivity index (χ2v) is 6.87. The highest BCUT2D eigenvalue weighted by Gasteiger charge is 2.45. The Morgan fingerprint density at radius 3 is 2.73 bits per heavy atom. The third-order valence-corrected chi connectivity index (χ3v) is 4.95. The van der Waals surface area contributed by atoms with E-state index in [-0.39, 0.29) is 11.8 Å². The first-order valence-corrected chi connectivity index (χ1v) is 7.78. The number of para-hydroxylation sites is 1. The Labute approximate surface area is 133 Å². The first-order valence-electron chi connectivity index (χ1n) is 6.97. The van der Waals surface area contributed by atoms with Crippen LogP contribution >= 0.6 is 11.8 Å². The maximum Gasteiger partial charge on any atom is 0.250 e. The number of fused-ring (bicyclic) bond motifs is 1. The SMILES string of the molecule is Cc1cccc(NC(=O)C2(C)Sc3ccccc3NC2=O)c1. The predicted molar refractivity (Wildman–Crippen MR) is 89.1 cm³/mol. The molecular formula is C17H16N2O2S. The molecule has 4 nitrogen and oxygen atoms in total. The topological polar surface area (TPSA) is 58.2 Å². The standard InChI is InChI=1S/C17H16N2O2S/c1-11-6-5-7-12(10-11)18-15(20)17(2)16(21)19-13-8-3-4-9-14(13)22-17/h3-10H,1-2H3,(H,18,20)(H,19,21). The van der Waals surface area contributed by atoms with Crippen LogP contribution in [0.4, 0.5) is 11.4 Å². The summed E-state index contributed by atoms with van der Waals surface area (Å²) in [4.78, 5) is 25.9. The van der Waals surface area contributed by atoms with Crippen LogP contribution in [0.5, 0.6) is 0 Å². The van der Waals surface area contributed by atoms with E-state index in [2.05, 4.69) is 10.6 Å². The first kappa shape index (κ1) is 14.7. The molecule has 0 saturated carbocycles. The molecule has 3 rings (SSSR count). The summed E-state index contributed by atoms with van der Waals surface area (Å²) in [5, 5.41) is 5.64. The fourth-order valence-corrected chi connectivity index (χ4v) is 3.39. The summed E-state index contributed by atoms with van der Waals surface area (Å²) in [6.45, 7) is 3.60. The summed E-state index contributed by atoms with van der Waals surface area (Å²) in [6, 6.07) is 15.0. The van der Waals surface area contributed by atoms with Gasteiger partial charge in [-0.05, 0) is 43.7 Å². The number of aryl methyl sites for hydroxylation is 1. The van der Waals surface area contributed by atoms with Gasteiger partial charge < -0.3 is 10.6 Å². The van der Waals surface area contributed by atoms with Gasteiger partial charge in [-0.1, -0.05) is 36.0 Å². The number of benzene rings is 2. The number of carbonyl (C=O) groups excluding carboxylic acids is 2. The van der Waals surface area contributed by atoms with Crippen molar-refractivity contribution in [3.05, 3.63) is 54.1 Å². The molecule has 0 spiro atoms. The average molecular weight is 312 g/mol. The van der Waals surface area contributed by atoms with E-state index in [0.717, 1.165) is 16.1 Å². The maximum absolute atomic E-state index is 12.6. The van der Waals surface area contributed by atoms with Gasteiger partial charge in [0, 0.05) is 10.6 Å². The summed E-state index contributed by atoms with van der Waals surface area (Å²) in [5.41, 5.74) is 2.49. The predicted octanol–water partition coefficient (Wildman–Crippen LogP) is 3.44. The zero-order valence-electron chi connectivity index (χ0n) is 12.3. The number of rotatable bonds is 2. The van der Waals surface area contributed by atoms with Gasteiger partial charge in [-0.2, -0.15) is 0 Å². The molecule has 1 unspecified atom stereocenters. The highest BCUT2D eigenvalue weighted by molar-refractivity contribution is 8.02. The second-order valence-electron chi connectivity index (χ2n) is 5.41. The molecule has 2 aromatic rings. The van der Waals surface area contributed by atoms with Crippen LogP contribution < -0.4 is 10.6 Å². The summed E-state index contributed by atoms with van der Waals surface area (Å²) >= 11 is 1.27. The Morgan fingerprint density at radius 2 is 1.95 bits per heavy atom. The van der Waals surface area contributed by atoms with Crippen molar-refractivity contribution < 1.29 is 9.59 Å². The number of hydrogen-bond acceptors (Lipinski definition) is 3. The average Bonchev–Trinajstić information content (AvgIpc) is 2.48. The third-order valence-electron chi connectivity index (χ3n) is 3.59. The molecule has 0 saturated heterocycles. The minimum Gasteiger partial charge on any atom is -0.324 e. The lowest BCUT2D eigenvalue weighted by Gasteiger charge is -2.31. The largest absolute Gasteiger partial charge is 0.324 e. The second kappa shape index (κ2) is 5.50. The summed E-state index contributed by atoms with van der Waals surface area (Å²) in [7, 11) is 0. The highest BCUT2D eigenvalue weighted by atomic mass is 32.2. The van der Waals surface area contributed by atoms with E-state index in [0.29, 0.717) is 5.69 Å². The van der Waals surface area contributed by atoms with Gasteiger partial charge in [0.15, 0.2) is 4.75 Å². The Bertz CT molecular complexity index is 760. The van der Waals surface area contributed by atoms with Crippen molar-refractivity contribution in [1.82, 2.24) is 0 Å². The van der Waals surface area contributed by atoms with E-state index < -0.39 is 4.75 Å². The molecule has 0 fully saturated rings. The Morgan fingerprint density at radius 1 is 1.18 bits per heavy atom. The molecule has 1 heterocycles. The zero-order valence-corrected chi connectivity index (χ0v) is 13.2. The van der Waals surface area contributed by atoms with E-state index in [4.69, 9.17) is 0 Å². The zero-order chi connectivity index (χ0) is 15.7. The van der Waals surface area contributed by atoms with Crippen molar-refractivity contribution in [2.24, 2.45) is 0 Å². The van der Waals surface area contributed by atoms with Crippen LogP contribution in [0.2, 0.25) is 0 Å². The lowest BCUT2D eigenvalue weighted by Crippen LogP contribution is -2.49. The van der Waals surface area contributed by atoms with Gasteiger partial charge >= 0.3 is 0 Å². The van der Waals surface area contributed by atoms with Crippen molar-refractivity contribution in [2.45, 2.75) is 23.5 Å². The number of hydrogen-bond donors (Lipinski definition) is 2. The Kier molecular flexibility index (Phi) is 3.66. The van der Waals surface area contributed by atoms with Gasteiger partial charge in [0.1, 0.15) is 0 Å². The summed E-state index contributed by atoms with van der Waals surface area (Å²) < 4.78 is -1.20. The van der Waals surface area contributed by atoms with Gasteiger partial charge in [-0.3, -0.25) is 9.59 Å². The van der Waals surface area contributed by atoms with E-state index in [1.807, 2.05) is 55.5 Å².